The van der Waals surface area contributed by atoms with Crippen LogP contribution in [0.1, 0.15) is 33.9 Å². The number of halogens is 1. The van der Waals surface area contributed by atoms with Gasteiger partial charge in [-0.1, -0.05) is 12.1 Å². The van der Waals surface area contributed by atoms with Gasteiger partial charge in [-0.3, -0.25) is 0 Å². The minimum atomic E-state index is -0.403. The van der Waals surface area contributed by atoms with Gasteiger partial charge in [0.25, 0.3) is 0 Å². The molecule has 0 aromatic heterocycles. The fourth-order valence-corrected chi connectivity index (χ4v) is 2.62. The van der Waals surface area contributed by atoms with Gasteiger partial charge in [-0.2, -0.15) is 0 Å². The third kappa shape index (κ3) is 2.83. The number of hydrogen-bond donors (Lipinski definition) is 1. The van der Waals surface area contributed by atoms with Gasteiger partial charge in [-0.15, -0.1) is 0 Å². The highest BCUT2D eigenvalue weighted by molar-refractivity contribution is 5.48. The molecule has 0 saturated carbocycles. The Balaban J connectivity index is 2.55. The van der Waals surface area contributed by atoms with Gasteiger partial charge in [0.15, 0.2) is 0 Å². The van der Waals surface area contributed by atoms with Gasteiger partial charge in [0.2, 0.25) is 0 Å². The number of ether oxygens (including phenoxy) is 1. The van der Waals surface area contributed by atoms with Crippen LogP contribution in [0, 0.1) is 26.6 Å². The van der Waals surface area contributed by atoms with Crippen LogP contribution >= 0.6 is 0 Å². The lowest BCUT2D eigenvalue weighted by Gasteiger charge is -2.20. The molecule has 0 bridgehead atoms. The topological polar surface area (TPSA) is 35.2 Å². The van der Waals surface area contributed by atoms with E-state index in [1.807, 2.05) is 32.9 Å². The first kappa shape index (κ1) is 14.5. The molecule has 0 fully saturated rings. The Morgan fingerprint density at radius 1 is 1.00 bits per heavy atom. The maximum atomic E-state index is 13.6. The van der Waals surface area contributed by atoms with E-state index < -0.39 is 6.04 Å². The van der Waals surface area contributed by atoms with Crippen LogP contribution in [0.4, 0.5) is 4.39 Å². The van der Waals surface area contributed by atoms with E-state index in [9.17, 15) is 4.39 Å². The molecule has 2 nitrogen and oxygen atoms in total. The van der Waals surface area contributed by atoms with Crippen LogP contribution in [-0.4, -0.2) is 7.11 Å². The molecule has 2 aromatic rings. The summed E-state index contributed by atoms with van der Waals surface area (Å²) in [5.74, 6) is 0.482. The number of hydrogen-bond acceptors (Lipinski definition) is 2. The Morgan fingerprint density at radius 2 is 1.65 bits per heavy atom. The molecule has 0 saturated heterocycles. The van der Waals surface area contributed by atoms with E-state index in [1.54, 1.807) is 7.11 Å². The third-order valence-electron chi connectivity index (χ3n) is 3.45. The normalized spacial score (nSPS) is 12.3. The molecule has 1 unspecified atom stereocenters. The number of methoxy groups -OCH3 is 1. The minimum absolute atomic E-state index is 0.265. The molecule has 2 rings (SSSR count). The van der Waals surface area contributed by atoms with Crippen molar-refractivity contribution in [2.45, 2.75) is 26.8 Å². The zero-order chi connectivity index (χ0) is 14.9. The molecule has 0 aliphatic heterocycles. The molecule has 2 aromatic carbocycles. The van der Waals surface area contributed by atoms with Gasteiger partial charge in [0.1, 0.15) is 11.6 Å². The molecule has 20 heavy (non-hydrogen) atoms. The highest BCUT2D eigenvalue weighted by Gasteiger charge is 2.18. The predicted octanol–water partition coefficient (Wildman–Crippen LogP) is 3.81. The van der Waals surface area contributed by atoms with E-state index in [0.29, 0.717) is 0 Å². The van der Waals surface area contributed by atoms with Gasteiger partial charge in [0, 0.05) is 5.56 Å². The van der Waals surface area contributed by atoms with Crippen LogP contribution < -0.4 is 10.5 Å². The fraction of sp³-hybridized carbons (Fsp3) is 0.294. The summed E-state index contributed by atoms with van der Waals surface area (Å²) in [5.41, 5.74) is 11.0. The second kappa shape index (κ2) is 5.63. The summed E-state index contributed by atoms with van der Waals surface area (Å²) < 4.78 is 19.0. The quantitative estimate of drug-likeness (QED) is 0.923. The van der Waals surface area contributed by atoms with Crippen LogP contribution in [0.5, 0.6) is 5.75 Å². The van der Waals surface area contributed by atoms with Crippen molar-refractivity contribution in [3.05, 3.63) is 64.0 Å². The summed E-state index contributed by atoms with van der Waals surface area (Å²) in [6.45, 7) is 5.87. The molecule has 0 aliphatic rings. The first-order chi connectivity index (χ1) is 9.42. The lowest BCUT2D eigenvalue weighted by molar-refractivity contribution is 0.407. The second-order valence-electron chi connectivity index (χ2n) is 5.24. The Kier molecular flexibility index (Phi) is 4.09. The molecule has 0 amide bonds. The van der Waals surface area contributed by atoms with Crippen molar-refractivity contribution in [2.24, 2.45) is 5.73 Å². The monoisotopic (exact) mass is 273 g/mol. The molecule has 1 atom stereocenters. The molecule has 2 N–H and O–H groups in total. The zero-order valence-corrected chi connectivity index (χ0v) is 12.3. The number of benzene rings is 2. The first-order valence-corrected chi connectivity index (χ1v) is 6.60. The van der Waals surface area contributed by atoms with E-state index in [0.717, 1.165) is 33.6 Å². The van der Waals surface area contributed by atoms with Crippen LogP contribution in [0.3, 0.4) is 0 Å². The smallest absolute Gasteiger partial charge is 0.124 e. The highest BCUT2D eigenvalue weighted by atomic mass is 19.1. The average Bonchev–Trinajstić information content (AvgIpc) is 2.35. The highest BCUT2D eigenvalue weighted by Crippen LogP contribution is 2.33. The Bertz CT molecular complexity index is 617. The van der Waals surface area contributed by atoms with Crippen LogP contribution in [0.25, 0.3) is 0 Å². The van der Waals surface area contributed by atoms with Crippen molar-refractivity contribution in [1.82, 2.24) is 0 Å². The van der Waals surface area contributed by atoms with E-state index in [4.69, 9.17) is 10.5 Å². The maximum Gasteiger partial charge on any atom is 0.124 e. The second-order valence-corrected chi connectivity index (χ2v) is 5.24. The van der Waals surface area contributed by atoms with Crippen molar-refractivity contribution < 1.29 is 9.13 Å². The Labute approximate surface area is 119 Å². The molecule has 0 aliphatic carbocycles. The molecule has 3 heteroatoms. The number of rotatable bonds is 3. The Hall–Kier alpha value is -1.87. The molecular weight excluding hydrogens is 253 g/mol. The summed E-state index contributed by atoms with van der Waals surface area (Å²) >= 11 is 0. The fourth-order valence-electron chi connectivity index (χ4n) is 2.62. The number of aryl methyl sites for hydroxylation is 3. The zero-order valence-electron chi connectivity index (χ0n) is 12.3. The van der Waals surface area contributed by atoms with Gasteiger partial charge in [-0.05, 0) is 61.2 Å². The van der Waals surface area contributed by atoms with E-state index >= 15 is 0 Å². The van der Waals surface area contributed by atoms with Crippen molar-refractivity contribution in [3.63, 3.8) is 0 Å². The van der Waals surface area contributed by atoms with E-state index in [2.05, 4.69) is 6.07 Å². The molecular formula is C17H20FNO. The van der Waals surface area contributed by atoms with Crippen molar-refractivity contribution >= 4 is 0 Å². The number of nitrogens with two attached hydrogens (primary N) is 1. The van der Waals surface area contributed by atoms with E-state index in [1.165, 1.54) is 12.1 Å². The maximum absolute atomic E-state index is 13.6. The average molecular weight is 273 g/mol. The summed E-state index contributed by atoms with van der Waals surface area (Å²) in [4.78, 5) is 0. The lowest BCUT2D eigenvalue weighted by atomic mass is 9.92. The van der Waals surface area contributed by atoms with Crippen LogP contribution in [-0.2, 0) is 0 Å². The van der Waals surface area contributed by atoms with Gasteiger partial charge >= 0.3 is 0 Å². The predicted molar refractivity (Wildman–Crippen MR) is 79.6 cm³/mol. The molecule has 106 valence electrons. The van der Waals surface area contributed by atoms with Crippen molar-refractivity contribution in [2.75, 3.05) is 7.11 Å². The van der Waals surface area contributed by atoms with Crippen molar-refractivity contribution in [1.29, 1.82) is 0 Å². The SMILES string of the molecule is COc1cc(C)cc(C)c1C(N)c1cc(C)cc(F)c1. The standard InChI is InChI=1S/C17H20FNO/c1-10-5-12(3)16(15(8-10)20-4)17(19)13-6-11(2)7-14(18)9-13/h5-9,17H,19H2,1-4H3. The minimum Gasteiger partial charge on any atom is -0.496 e. The molecule has 0 heterocycles. The van der Waals surface area contributed by atoms with Gasteiger partial charge < -0.3 is 10.5 Å². The van der Waals surface area contributed by atoms with Crippen LogP contribution in [0.15, 0.2) is 30.3 Å². The molecule has 0 spiro atoms. The van der Waals surface area contributed by atoms with Gasteiger partial charge in [-0.25, -0.2) is 4.39 Å². The van der Waals surface area contributed by atoms with Crippen LogP contribution in [0.2, 0.25) is 0 Å². The first-order valence-electron chi connectivity index (χ1n) is 6.60. The molecule has 0 radical (unpaired) electrons. The largest absolute Gasteiger partial charge is 0.496 e. The van der Waals surface area contributed by atoms with Gasteiger partial charge in [0.05, 0.1) is 13.2 Å². The summed E-state index contributed by atoms with van der Waals surface area (Å²) in [7, 11) is 1.63. The summed E-state index contributed by atoms with van der Waals surface area (Å²) in [6, 6.07) is 8.50. The summed E-state index contributed by atoms with van der Waals surface area (Å²) in [6.07, 6.45) is 0. The Morgan fingerprint density at radius 3 is 2.25 bits per heavy atom. The summed E-state index contributed by atoms with van der Waals surface area (Å²) in [5, 5.41) is 0. The lowest BCUT2D eigenvalue weighted by Crippen LogP contribution is -2.15. The van der Waals surface area contributed by atoms with E-state index in [-0.39, 0.29) is 5.82 Å². The third-order valence-corrected chi connectivity index (χ3v) is 3.45. The van der Waals surface area contributed by atoms with Crippen molar-refractivity contribution in [3.8, 4) is 5.75 Å².